The van der Waals surface area contributed by atoms with E-state index in [0.717, 1.165) is 8.78 Å². The Balaban J connectivity index is 1.91. The second kappa shape index (κ2) is 12.1. The number of halogens is 1. The van der Waals surface area contributed by atoms with Gasteiger partial charge in [0.2, 0.25) is 5.91 Å². The molecule has 0 aliphatic heterocycles. The molecule has 0 unspecified atom stereocenters. The van der Waals surface area contributed by atoms with Gasteiger partial charge in [0, 0.05) is 10.0 Å². The zero-order valence-corrected chi connectivity index (χ0v) is 22.9. The highest BCUT2D eigenvalue weighted by Crippen LogP contribution is 2.30. The van der Waals surface area contributed by atoms with Crippen molar-refractivity contribution in [1.29, 1.82) is 0 Å². The summed E-state index contributed by atoms with van der Waals surface area (Å²) in [4.78, 5) is 13.2. The van der Waals surface area contributed by atoms with E-state index in [1.54, 1.807) is 68.6 Å². The number of amides is 1. The summed E-state index contributed by atoms with van der Waals surface area (Å²) in [7, 11) is -0.957. The van der Waals surface area contributed by atoms with Crippen LogP contribution in [0.15, 0.2) is 76.1 Å². The van der Waals surface area contributed by atoms with Gasteiger partial charge in [0.25, 0.3) is 10.0 Å². The van der Waals surface area contributed by atoms with Crippen molar-refractivity contribution in [3.8, 4) is 17.2 Å². The quantitative estimate of drug-likeness (QED) is 0.347. The molecule has 0 aliphatic carbocycles. The van der Waals surface area contributed by atoms with Gasteiger partial charge in [-0.05, 0) is 80.6 Å². The van der Waals surface area contributed by atoms with Crippen LogP contribution < -0.4 is 23.8 Å². The predicted molar refractivity (Wildman–Crippen MR) is 142 cm³/mol. The fourth-order valence-electron chi connectivity index (χ4n) is 3.60. The van der Waals surface area contributed by atoms with Crippen molar-refractivity contribution in [2.75, 3.05) is 31.7 Å². The minimum absolute atomic E-state index is 0.0647. The summed E-state index contributed by atoms with van der Waals surface area (Å²) in [5.41, 5.74) is 1.04. The lowest BCUT2D eigenvalue weighted by Crippen LogP contribution is -2.41. The zero-order valence-electron chi connectivity index (χ0n) is 20.5. The average Bonchev–Trinajstić information content (AvgIpc) is 2.87. The summed E-state index contributed by atoms with van der Waals surface area (Å²) in [5.74, 6) is 1.31. The van der Waals surface area contributed by atoms with Crippen LogP contribution in [0.3, 0.4) is 0 Å². The van der Waals surface area contributed by atoms with Gasteiger partial charge in [0.15, 0.2) is 0 Å². The number of anilines is 1. The van der Waals surface area contributed by atoms with Crippen molar-refractivity contribution in [1.82, 2.24) is 5.32 Å². The molecule has 0 spiro atoms. The summed E-state index contributed by atoms with van der Waals surface area (Å²) in [6.07, 6.45) is 0. The Hall–Kier alpha value is -3.24. The van der Waals surface area contributed by atoms with Crippen LogP contribution in [0.1, 0.15) is 25.5 Å². The standard InChI is InChI=1S/C26H29BrN2O6S/c1-5-35-21-10-8-20(9-11-21)29(36(31,32)23-13-6-19(27)7-14-23)17-26(30)28-18(2)24-16-22(33-3)12-15-25(24)34-4/h6-16,18H,5,17H2,1-4H3,(H,28,30)/t18-/m1/s1. The minimum Gasteiger partial charge on any atom is -0.497 e. The summed E-state index contributed by atoms with van der Waals surface area (Å²) in [6.45, 7) is 3.71. The van der Waals surface area contributed by atoms with E-state index < -0.39 is 28.5 Å². The molecule has 0 bridgehead atoms. The Kier molecular flexibility index (Phi) is 9.22. The van der Waals surface area contributed by atoms with E-state index in [4.69, 9.17) is 14.2 Å². The number of ether oxygens (including phenoxy) is 3. The van der Waals surface area contributed by atoms with Crippen LogP contribution in [0.25, 0.3) is 0 Å². The van der Waals surface area contributed by atoms with Crippen molar-refractivity contribution in [2.24, 2.45) is 0 Å². The third kappa shape index (κ3) is 6.50. The molecular formula is C26H29BrN2O6S. The number of carbonyl (C=O) groups is 1. The Morgan fingerprint density at radius 1 is 0.972 bits per heavy atom. The highest BCUT2D eigenvalue weighted by molar-refractivity contribution is 9.10. The van der Waals surface area contributed by atoms with Crippen molar-refractivity contribution >= 4 is 37.5 Å². The molecule has 0 aliphatic rings. The molecule has 0 radical (unpaired) electrons. The molecule has 1 amide bonds. The first kappa shape index (κ1) is 27.3. The molecule has 10 heteroatoms. The van der Waals surface area contributed by atoms with Crippen LogP contribution in [0.4, 0.5) is 5.69 Å². The molecule has 0 fully saturated rings. The van der Waals surface area contributed by atoms with Gasteiger partial charge in [-0.15, -0.1) is 0 Å². The first-order valence-corrected chi connectivity index (χ1v) is 13.4. The first-order valence-electron chi connectivity index (χ1n) is 11.2. The van der Waals surface area contributed by atoms with Gasteiger partial charge in [-0.2, -0.15) is 0 Å². The van der Waals surface area contributed by atoms with Crippen molar-refractivity contribution in [2.45, 2.75) is 24.8 Å². The van der Waals surface area contributed by atoms with Crippen LogP contribution in [0.2, 0.25) is 0 Å². The molecule has 8 nitrogen and oxygen atoms in total. The van der Waals surface area contributed by atoms with Crippen LogP contribution in [0.5, 0.6) is 17.2 Å². The van der Waals surface area contributed by atoms with Crippen LogP contribution >= 0.6 is 15.9 Å². The molecule has 3 aromatic rings. The van der Waals surface area contributed by atoms with E-state index >= 15 is 0 Å². The lowest BCUT2D eigenvalue weighted by Gasteiger charge is -2.25. The predicted octanol–water partition coefficient (Wildman–Crippen LogP) is 4.94. The maximum Gasteiger partial charge on any atom is 0.264 e. The van der Waals surface area contributed by atoms with Gasteiger partial charge in [0.05, 0.1) is 37.5 Å². The van der Waals surface area contributed by atoms with E-state index in [9.17, 15) is 13.2 Å². The second-order valence-electron chi connectivity index (χ2n) is 7.79. The molecule has 0 saturated heterocycles. The van der Waals surface area contributed by atoms with Crippen molar-refractivity contribution in [3.63, 3.8) is 0 Å². The Bertz CT molecular complexity index is 1280. The number of hydrogen-bond donors (Lipinski definition) is 1. The second-order valence-corrected chi connectivity index (χ2v) is 10.6. The largest absolute Gasteiger partial charge is 0.497 e. The molecule has 192 valence electrons. The molecule has 36 heavy (non-hydrogen) atoms. The van der Waals surface area contributed by atoms with E-state index in [-0.39, 0.29) is 4.90 Å². The normalized spacial score (nSPS) is 11.9. The SMILES string of the molecule is CCOc1ccc(N(CC(=O)N[C@H](C)c2cc(OC)ccc2OC)S(=O)(=O)c2ccc(Br)cc2)cc1. The molecule has 3 rings (SSSR count). The zero-order chi connectivity index (χ0) is 26.3. The summed E-state index contributed by atoms with van der Waals surface area (Å²) < 4.78 is 45.2. The van der Waals surface area contributed by atoms with Gasteiger partial charge in [-0.1, -0.05) is 15.9 Å². The van der Waals surface area contributed by atoms with Crippen molar-refractivity contribution in [3.05, 3.63) is 76.8 Å². The smallest absolute Gasteiger partial charge is 0.264 e. The molecule has 0 aromatic heterocycles. The number of rotatable bonds is 11. The van der Waals surface area contributed by atoms with Gasteiger partial charge >= 0.3 is 0 Å². The highest BCUT2D eigenvalue weighted by Gasteiger charge is 2.28. The van der Waals surface area contributed by atoms with E-state index in [2.05, 4.69) is 21.2 Å². The third-order valence-corrected chi connectivity index (χ3v) is 7.72. The van der Waals surface area contributed by atoms with Gasteiger partial charge in [-0.25, -0.2) is 8.42 Å². The summed E-state index contributed by atoms with van der Waals surface area (Å²) in [5, 5.41) is 2.87. The maximum absolute atomic E-state index is 13.6. The molecule has 1 atom stereocenters. The Morgan fingerprint density at radius 3 is 2.19 bits per heavy atom. The third-order valence-electron chi connectivity index (χ3n) is 5.41. The topological polar surface area (TPSA) is 94.2 Å². The number of nitrogens with one attached hydrogen (secondary N) is 1. The number of sulfonamides is 1. The number of nitrogens with zero attached hydrogens (tertiary/aromatic N) is 1. The lowest BCUT2D eigenvalue weighted by atomic mass is 10.1. The van der Waals surface area contributed by atoms with E-state index in [0.29, 0.717) is 35.1 Å². The maximum atomic E-state index is 13.6. The van der Waals surface area contributed by atoms with Crippen LogP contribution in [-0.4, -0.2) is 41.7 Å². The van der Waals surface area contributed by atoms with E-state index in [1.165, 1.54) is 19.2 Å². The van der Waals surface area contributed by atoms with Crippen LogP contribution in [-0.2, 0) is 14.8 Å². The summed E-state index contributed by atoms with van der Waals surface area (Å²) in [6, 6.07) is 17.6. The monoisotopic (exact) mass is 576 g/mol. The number of hydrogen-bond acceptors (Lipinski definition) is 6. The minimum atomic E-state index is -4.05. The Labute approximate surface area is 220 Å². The van der Waals surface area contributed by atoms with Gasteiger partial charge in [0.1, 0.15) is 23.8 Å². The van der Waals surface area contributed by atoms with E-state index in [1.807, 2.05) is 6.92 Å². The average molecular weight is 577 g/mol. The number of benzene rings is 3. The number of carbonyl (C=O) groups excluding carboxylic acids is 1. The molecule has 0 saturated carbocycles. The van der Waals surface area contributed by atoms with Crippen LogP contribution in [0, 0.1) is 0 Å². The fourth-order valence-corrected chi connectivity index (χ4v) is 5.28. The lowest BCUT2D eigenvalue weighted by molar-refractivity contribution is -0.120. The number of methoxy groups -OCH3 is 2. The first-order chi connectivity index (χ1) is 17.2. The molecule has 3 aromatic carbocycles. The van der Waals surface area contributed by atoms with Crippen molar-refractivity contribution < 1.29 is 27.4 Å². The Morgan fingerprint density at radius 2 is 1.61 bits per heavy atom. The highest BCUT2D eigenvalue weighted by atomic mass is 79.9. The molecule has 0 heterocycles. The molecule has 1 N–H and O–H groups in total. The van der Waals surface area contributed by atoms with Gasteiger partial charge < -0.3 is 19.5 Å². The summed E-state index contributed by atoms with van der Waals surface area (Å²) >= 11 is 3.32. The fraction of sp³-hybridized carbons (Fsp3) is 0.269. The van der Waals surface area contributed by atoms with Gasteiger partial charge in [-0.3, -0.25) is 9.10 Å². The molecular weight excluding hydrogens is 548 g/mol.